The van der Waals surface area contributed by atoms with Gasteiger partial charge < -0.3 is 5.11 Å². The highest BCUT2D eigenvalue weighted by Crippen LogP contribution is 2.14. The van der Waals surface area contributed by atoms with Crippen LogP contribution in [0, 0.1) is 0 Å². The van der Waals surface area contributed by atoms with Crippen LogP contribution in [0.2, 0.25) is 0 Å². The number of carboxylic acid groups (broad SMARTS) is 1. The van der Waals surface area contributed by atoms with E-state index in [-0.39, 0.29) is 17.7 Å². The molecule has 0 saturated carbocycles. The first-order valence-electron chi connectivity index (χ1n) is 4.20. The molecule has 5 heteroatoms. The molecule has 0 aliphatic heterocycles. The number of allylic oxidation sites excluding steroid dienone is 1. The molecule has 0 spiro atoms. The number of amides is 1. The van der Waals surface area contributed by atoms with Gasteiger partial charge in [0, 0.05) is 12.1 Å². The van der Waals surface area contributed by atoms with Crippen LogP contribution in [-0.4, -0.2) is 33.5 Å². The Morgan fingerprint density at radius 3 is 2.36 bits per heavy atom. The summed E-state index contributed by atoms with van der Waals surface area (Å²) >= 11 is 2.94. The van der Waals surface area contributed by atoms with Crippen LogP contribution in [0.1, 0.15) is 20.8 Å². The third kappa shape index (κ3) is 4.60. The molecule has 0 aliphatic rings. The van der Waals surface area contributed by atoms with E-state index in [0.29, 0.717) is 0 Å². The van der Waals surface area contributed by atoms with E-state index in [4.69, 9.17) is 5.11 Å². The van der Waals surface area contributed by atoms with Gasteiger partial charge in [-0.1, -0.05) is 15.9 Å². The topological polar surface area (TPSA) is 40.5 Å². The molecule has 82 valence electrons. The average molecular weight is 268 g/mol. The van der Waals surface area contributed by atoms with Gasteiger partial charge in [0.25, 0.3) is 0 Å². The van der Waals surface area contributed by atoms with Crippen LogP contribution in [-0.2, 0) is 0 Å². The van der Waals surface area contributed by atoms with Gasteiger partial charge in [-0.2, -0.15) is 0 Å². The maximum Gasteiger partial charge on any atom is 0.408 e. The van der Waals surface area contributed by atoms with E-state index in [1.165, 1.54) is 11.0 Å². The summed E-state index contributed by atoms with van der Waals surface area (Å²) in [7, 11) is 0. The quantitative estimate of drug-likeness (QED) is 0.799. The maximum atomic E-state index is 12.7. The molecule has 0 heterocycles. The highest BCUT2D eigenvalue weighted by Gasteiger charge is 2.24. The zero-order valence-electron chi connectivity index (χ0n) is 8.55. The second kappa shape index (κ2) is 5.34. The van der Waals surface area contributed by atoms with E-state index in [2.05, 4.69) is 15.9 Å². The van der Waals surface area contributed by atoms with E-state index >= 15 is 0 Å². The van der Waals surface area contributed by atoms with Crippen molar-refractivity contribution in [1.82, 2.24) is 4.90 Å². The predicted molar refractivity (Wildman–Crippen MR) is 57.5 cm³/mol. The first-order chi connectivity index (χ1) is 6.29. The van der Waals surface area contributed by atoms with Crippen molar-refractivity contribution in [3.8, 4) is 0 Å². The van der Waals surface area contributed by atoms with E-state index < -0.39 is 11.6 Å². The smallest absolute Gasteiger partial charge is 0.408 e. The molecule has 0 saturated heterocycles. The van der Waals surface area contributed by atoms with Gasteiger partial charge in [-0.25, -0.2) is 9.18 Å². The van der Waals surface area contributed by atoms with Crippen LogP contribution in [0.4, 0.5) is 9.18 Å². The van der Waals surface area contributed by atoms with Crippen LogP contribution in [0.3, 0.4) is 0 Å². The second-order valence-corrected chi connectivity index (χ2v) is 4.41. The summed E-state index contributed by atoms with van der Waals surface area (Å²) in [4.78, 5) is 12.0. The van der Waals surface area contributed by atoms with Gasteiger partial charge in [0.2, 0.25) is 0 Å². The summed E-state index contributed by atoms with van der Waals surface area (Å²) in [6.07, 6.45) is 0.213. The van der Waals surface area contributed by atoms with E-state index in [0.717, 1.165) is 0 Å². The van der Waals surface area contributed by atoms with Gasteiger partial charge in [0.15, 0.2) is 0 Å². The minimum Gasteiger partial charge on any atom is -0.465 e. The van der Waals surface area contributed by atoms with Gasteiger partial charge in [0.05, 0.1) is 5.33 Å². The molecule has 0 fully saturated rings. The molecule has 0 aromatic carbocycles. The third-order valence-corrected chi connectivity index (χ3v) is 2.20. The molecule has 0 aliphatic carbocycles. The van der Waals surface area contributed by atoms with Crippen molar-refractivity contribution in [3.63, 3.8) is 0 Å². The van der Waals surface area contributed by atoms with Gasteiger partial charge in [0.1, 0.15) is 5.83 Å². The maximum absolute atomic E-state index is 12.7. The summed E-state index contributed by atoms with van der Waals surface area (Å²) in [5.74, 6) is -0.361. The zero-order chi connectivity index (χ0) is 11.4. The van der Waals surface area contributed by atoms with Crippen molar-refractivity contribution < 1.29 is 14.3 Å². The number of hydrogen-bond acceptors (Lipinski definition) is 1. The number of rotatable bonds is 3. The van der Waals surface area contributed by atoms with Crippen molar-refractivity contribution in [1.29, 1.82) is 0 Å². The van der Waals surface area contributed by atoms with Crippen LogP contribution in [0.25, 0.3) is 0 Å². The molecule has 14 heavy (non-hydrogen) atoms. The standard InChI is InChI=1S/C9H15BrFNO2/c1-9(2,3)12(8(13)14)5-4-7(11)6-10/h4H,5-6H2,1-3H3,(H,13,14)/b7-4+. The van der Waals surface area contributed by atoms with Crippen molar-refractivity contribution in [3.05, 3.63) is 11.9 Å². The van der Waals surface area contributed by atoms with Crippen LogP contribution >= 0.6 is 15.9 Å². The number of hydrogen-bond donors (Lipinski definition) is 1. The molecule has 0 radical (unpaired) electrons. The molecular weight excluding hydrogens is 253 g/mol. The second-order valence-electron chi connectivity index (χ2n) is 3.85. The third-order valence-electron chi connectivity index (χ3n) is 1.66. The van der Waals surface area contributed by atoms with Crippen molar-refractivity contribution in [2.45, 2.75) is 26.3 Å². The Morgan fingerprint density at radius 2 is 2.07 bits per heavy atom. The summed E-state index contributed by atoms with van der Waals surface area (Å²) in [5, 5.41) is 8.97. The lowest BCUT2D eigenvalue weighted by Crippen LogP contribution is -2.44. The van der Waals surface area contributed by atoms with Gasteiger partial charge in [-0.15, -0.1) is 0 Å². The molecular formula is C9H15BrFNO2. The molecule has 1 N–H and O–H groups in total. The Labute approximate surface area is 91.7 Å². The number of halogens is 2. The van der Waals surface area contributed by atoms with E-state index in [1.54, 1.807) is 20.8 Å². The van der Waals surface area contributed by atoms with Crippen LogP contribution < -0.4 is 0 Å². The molecule has 3 nitrogen and oxygen atoms in total. The molecule has 1 amide bonds. The molecule has 0 unspecified atom stereocenters. The first kappa shape index (κ1) is 13.4. The molecule has 0 bridgehead atoms. The van der Waals surface area contributed by atoms with Gasteiger partial charge in [-0.05, 0) is 26.8 Å². The van der Waals surface area contributed by atoms with Crippen molar-refractivity contribution in [2.75, 3.05) is 11.9 Å². The molecule has 0 rings (SSSR count). The Kier molecular flexibility index (Phi) is 5.12. The number of alkyl halides is 1. The Balaban J connectivity index is 4.49. The lowest BCUT2D eigenvalue weighted by atomic mass is 10.1. The lowest BCUT2D eigenvalue weighted by Gasteiger charge is -2.32. The number of nitrogens with zero attached hydrogens (tertiary/aromatic N) is 1. The summed E-state index contributed by atoms with van der Waals surface area (Å²) < 4.78 is 12.7. The van der Waals surface area contributed by atoms with Crippen molar-refractivity contribution >= 4 is 22.0 Å². The fourth-order valence-electron chi connectivity index (χ4n) is 0.884. The SMILES string of the molecule is CC(C)(C)N(C/C=C(/F)CBr)C(=O)O. The molecule has 0 aromatic rings. The average Bonchev–Trinajstić information content (AvgIpc) is 2.01. The number of carbonyl (C=O) groups is 1. The molecule has 0 atom stereocenters. The Bertz CT molecular complexity index is 235. The highest BCUT2D eigenvalue weighted by molar-refractivity contribution is 9.09. The Hall–Kier alpha value is -0.580. The highest BCUT2D eigenvalue weighted by atomic mass is 79.9. The van der Waals surface area contributed by atoms with E-state index in [1.807, 2.05) is 0 Å². The Morgan fingerprint density at radius 1 is 1.57 bits per heavy atom. The zero-order valence-corrected chi connectivity index (χ0v) is 10.1. The minimum absolute atomic E-state index is 0.0657. The van der Waals surface area contributed by atoms with Crippen LogP contribution in [0.5, 0.6) is 0 Å². The minimum atomic E-state index is -1.05. The lowest BCUT2D eigenvalue weighted by molar-refractivity contribution is 0.108. The predicted octanol–water partition coefficient (Wildman–Crippen LogP) is 3.01. The van der Waals surface area contributed by atoms with Gasteiger partial charge >= 0.3 is 6.09 Å². The van der Waals surface area contributed by atoms with Gasteiger partial charge in [-0.3, -0.25) is 4.90 Å². The normalized spacial score (nSPS) is 12.8. The fourth-order valence-corrected chi connectivity index (χ4v) is 1.11. The largest absolute Gasteiger partial charge is 0.465 e. The summed E-state index contributed by atoms with van der Waals surface area (Å²) in [6, 6.07) is 0. The fraction of sp³-hybridized carbons (Fsp3) is 0.667. The van der Waals surface area contributed by atoms with Crippen LogP contribution in [0.15, 0.2) is 11.9 Å². The summed E-state index contributed by atoms with van der Waals surface area (Å²) in [6.45, 7) is 5.36. The first-order valence-corrected chi connectivity index (χ1v) is 5.32. The van der Waals surface area contributed by atoms with E-state index in [9.17, 15) is 9.18 Å². The monoisotopic (exact) mass is 267 g/mol. The summed E-state index contributed by atoms with van der Waals surface area (Å²) in [5.41, 5.74) is -0.519. The molecule has 0 aromatic heterocycles. The van der Waals surface area contributed by atoms with Crippen molar-refractivity contribution in [2.24, 2.45) is 0 Å².